The molecule has 0 atom stereocenters. The second kappa shape index (κ2) is 9.18. The van der Waals surface area contributed by atoms with Gasteiger partial charge in [0, 0.05) is 19.8 Å². The summed E-state index contributed by atoms with van der Waals surface area (Å²) in [4.78, 5) is 36.1. The number of nitrogens with zero attached hydrogens (tertiary/aromatic N) is 1. The van der Waals surface area contributed by atoms with Gasteiger partial charge < -0.3 is 4.84 Å². The van der Waals surface area contributed by atoms with Gasteiger partial charge in [-0.05, 0) is 0 Å². The maximum Gasteiger partial charge on any atom is 0.330 e. The summed E-state index contributed by atoms with van der Waals surface area (Å²) in [5, 5.41) is 0.516. The van der Waals surface area contributed by atoms with E-state index in [4.69, 9.17) is 0 Å². The van der Waals surface area contributed by atoms with E-state index in [1.165, 1.54) is 0 Å². The molecule has 1 aliphatic rings. The van der Waals surface area contributed by atoms with Gasteiger partial charge in [-0.1, -0.05) is 27.7 Å². The van der Waals surface area contributed by atoms with Crippen molar-refractivity contribution in [1.82, 2.24) is 5.06 Å². The lowest BCUT2D eigenvalue weighted by Gasteiger charge is -2.09. The zero-order valence-electron chi connectivity index (χ0n) is 9.99. The summed E-state index contributed by atoms with van der Waals surface area (Å²) in [5.74, 6) is -1.57. The van der Waals surface area contributed by atoms with Gasteiger partial charge >= 0.3 is 5.97 Å². The molecule has 1 heterocycles. The van der Waals surface area contributed by atoms with Crippen LogP contribution in [0.2, 0.25) is 0 Å². The summed E-state index contributed by atoms with van der Waals surface area (Å²) in [7, 11) is 0. The van der Waals surface area contributed by atoms with Gasteiger partial charge in [0.15, 0.2) is 0 Å². The van der Waals surface area contributed by atoms with Crippen LogP contribution in [0.3, 0.4) is 0 Å². The van der Waals surface area contributed by atoms with Crippen LogP contribution in [0.25, 0.3) is 0 Å². The Hall–Kier alpha value is -1.39. The smallest absolute Gasteiger partial charge is 0.330 e. The maximum atomic E-state index is 10.7. The largest absolute Gasteiger partial charge is 0.331 e. The molecule has 0 aliphatic carbocycles. The summed E-state index contributed by atoms with van der Waals surface area (Å²) >= 11 is 0. The van der Waals surface area contributed by atoms with Crippen molar-refractivity contribution in [3.8, 4) is 0 Å². The van der Waals surface area contributed by atoms with Crippen molar-refractivity contribution in [3.63, 3.8) is 0 Å². The van der Waals surface area contributed by atoms with Crippen molar-refractivity contribution in [2.24, 2.45) is 0 Å². The van der Waals surface area contributed by atoms with Crippen LogP contribution in [0.4, 0.5) is 0 Å². The number of rotatable bonds is 1. The highest BCUT2D eigenvalue weighted by Crippen LogP contribution is 2.11. The van der Waals surface area contributed by atoms with Gasteiger partial charge in [0.2, 0.25) is 0 Å². The van der Waals surface area contributed by atoms with Crippen molar-refractivity contribution in [3.05, 3.63) is 0 Å². The van der Waals surface area contributed by atoms with Crippen LogP contribution in [0.5, 0.6) is 0 Å². The van der Waals surface area contributed by atoms with Gasteiger partial charge in [-0.15, -0.1) is 5.06 Å². The van der Waals surface area contributed by atoms with Crippen molar-refractivity contribution >= 4 is 17.8 Å². The Balaban J connectivity index is 0. The molecule has 0 unspecified atom stereocenters. The fraction of sp³-hybridized carbons (Fsp3) is 0.700. The number of hydrogen-bond donors (Lipinski definition) is 0. The fourth-order valence-corrected chi connectivity index (χ4v) is 0.786. The van der Waals surface area contributed by atoms with Gasteiger partial charge in [-0.2, -0.15) is 0 Å². The second-order valence-electron chi connectivity index (χ2n) is 2.16. The molecule has 15 heavy (non-hydrogen) atoms. The van der Waals surface area contributed by atoms with Crippen LogP contribution in [-0.2, 0) is 19.2 Å². The Morgan fingerprint density at radius 2 is 1.40 bits per heavy atom. The van der Waals surface area contributed by atoms with Crippen LogP contribution < -0.4 is 0 Å². The first-order valence-electron chi connectivity index (χ1n) is 5.15. The molecule has 5 heteroatoms. The third kappa shape index (κ3) is 5.83. The van der Waals surface area contributed by atoms with E-state index in [1.807, 2.05) is 27.7 Å². The Labute approximate surface area is 90.3 Å². The molecule has 5 nitrogen and oxygen atoms in total. The summed E-state index contributed by atoms with van der Waals surface area (Å²) in [5.41, 5.74) is 0. The molecule has 1 saturated heterocycles. The third-order valence-electron chi connectivity index (χ3n) is 1.23. The monoisotopic (exact) mass is 217 g/mol. The Morgan fingerprint density at radius 3 is 1.67 bits per heavy atom. The number of imide groups is 1. The zero-order chi connectivity index (χ0) is 12.4. The first-order valence-corrected chi connectivity index (χ1v) is 5.15. The Kier molecular flexibility index (Phi) is 9.82. The quantitative estimate of drug-likeness (QED) is 0.627. The second-order valence-corrected chi connectivity index (χ2v) is 2.16. The normalized spacial score (nSPS) is 13.5. The van der Waals surface area contributed by atoms with Gasteiger partial charge in [-0.25, -0.2) is 4.79 Å². The van der Waals surface area contributed by atoms with Crippen molar-refractivity contribution < 1.29 is 19.2 Å². The van der Waals surface area contributed by atoms with E-state index in [9.17, 15) is 14.4 Å². The highest BCUT2D eigenvalue weighted by molar-refractivity contribution is 6.01. The van der Waals surface area contributed by atoms with Crippen LogP contribution in [-0.4, -0.2) is 22.8 Å². The zero-order valence-corrected chi connectivity index (χ0v) is 9.99. The minimum absolute atomic E-state index is 0.131. The lowest BCUT2D eigenvalue weighted by molar-refractivity contribution is -0.195. The van der Waals surface area contributed by atoms with E-state index in [1.54, 1.807) is 0 Å². The fourth-order valence-electron chi connectivity index (χ4n) is 0.786. The van der Waals surface area contributed by atoms with Crippen molar-refractivity contribution in [2.45, 2.75) is 47.5 Å². The van der Waals surface area contributed by atoms with E-state index in [-0.39, 0.29) is 12.8 Å². The van der Waals surface area contributed by atoms with Crippen LogP contribution >= 0.6 is 0 Å². The van der Waals surface area contributed by atoms with Crippen LogP contribution in [0.15, 0.2) is 0 Å². The molecular weight excluding hydrogens is 198 g/mol. The molecule has 0 bridgehead atoms. The summed E-state index contributed by atoms with van der Waals surface area (Å²) in [6.45, 7) is 9.14. The number of carbonyl (C=O) groups is 3. The maximum absolute atomic E-state index is 10.7. The number of carbonyl (C=O) groups excluding carboxylic acids is 3. The molecule has 0 spiro atoms. The van der Waals surface area contributed by atoms with Gasteiger partial charge in [0.1, 0.15) is 0 Å². The number of amides is 2. The molecule has 1 fully saturated rings. The van der Waals surface area contributed by atoms with Crippen molar-refractivity contribution in [2.75, 3.05) is 0 Å². The first-order chi connectivity index (χ1) is 7.11. The average molecular weight is 217 g/mol. The van der Waals surface area contributed by atoms with Gasteiger partial charge in [-0.3, -0.25) is 9.59 Å². The van der Waals surface area contributed by atoms with Gasteiger partial charge in [0.05, 0.1) is 0 Å². The SMILES string of the molecule is CC.CC.CC(=O)ON1C(=O)CCC1=O. The highest BCUT2D eigenvalue weighted by atomic mass is 16.7. The van der Waals surface area contributed by atoms with E-state index in [0.717, 1.165) is 6.92 Å². The van der Waals surface area contributed by atoms with Crippen molar-refractivity contribution in [1.29, 1.82) is 0 Å². The molecule has 0 aromatic carbocycles. The number of hydroxylamine groups is 2. The minimum atomic E-state index is -0.659. The van der Waals surface area contributed by atoms with Crippen LogP contribution in [0.1, 0.15) is 47.5 Å². The standard InChI is InChI=1S/C6H7NO4.2C2H6/c1-4(8)11-7-5(9)2-3-6(7)10;2*1-2/h2-3H2,1H3;2*1-2H3. The molecule has 0 saturated carbocycles. The average Bonchev–Trinajstić information content (AvgIpc) is 2.55. The van der Waals surface area contributed by atoms with E-state index in [2.05, 4.69) is 4.84 Å². The molecule has 1 rings (SSSR count). The molecule has 0 aromatic rings. The molecule has 0 N–H and O–H groups in total. The first kappa shape index (κ1) is 16.1. The lowest BCUT2D eigenvalue weighted by Crippen LogP contribution is -2.30. The number of hydrogen-bond acceptors (Lipinski definition) is 4. The molecule has 0 aromatic heterocycles. The minimum Gasteiger partial charge on any atom is -0.331 e. The summed E-state index contributed by atoms with van der Waals surface area (Å²) in [6, 6.07) is 0. The molecule has 1 aliphatic heterocycles. The molecule has 0 radical (unpaired) electrons. The van der Waals surface area contributed by atoms with E-state index in [0.29, 0.717) is 5.06 Å². The predicted octanol–water partition coefficient (Wildman–Crippen LogP) is 1.67. The summed E-state index contributed by atoms with van der Waals surface area (Å²) in [6.07, 6.45) is 0.262. The molecular formula is C10H19NO4. The molecule has 2 amide bonds. The van der Waals surface area contributed by atoms with E-state index < -0.39 is 17.8 Å². The van der Waals surface area contributed by atoms with E-state index >= 15 is 0 Å². The predicted molar refractivity (Wildman–Crippen MR) is 55.5 cm³/mol. The highest BCUT2D eigenvalue weighted by Gasteiger charge is 2.31. The Bertz CT molecular complexity index is 209. The lowest BCUT2D eigenvalue weighted by atomic mass is 10.4. The topological polar surface area (TPSA) is 63.7 Å². The Morgan fingerprint density at radius 1 is 1.07 bits per heavy atom. The molecule has 88 valence electrons. The third-order valence-corrected chi connectivity index (χ3v) is 1.23. The van der Waals surface area contributed by atoms with Crippen LogP contribution in [0, 0.1) is 0 Å². The summed E-state index contributed by atoms with van der Waals surface area (Å²) < 4.78 is 0. The van der Waals surface area contributed by atoms with Gasteiger partial charge in [0.25, 0.3) is 11.8 Å².